The smallest absolute Gasteiger partial charge is 0.490 e. The van der Waals surface area contributed by atoms with Gasteiger partial charge in [-0.25, -0.2) is 9.79 Å². The fourth-order valence-corrected chi connectivity index (χ4v) is 3.76. The number of carbonyl (C=O) groups excluding carboxylic acids is 1. The molecular formula is C26H24F3N3O5. The fraction of sp³-hybridized carbons (Fsp3) is 0.192. The standard InChI is InChI=1S/C24H23N3O3.C2HF3O2/c1-27-22(29)24(26-23(27)25,19-11-9-16(15-28)10-12-19)20-7-3-5-17(13-20)18-6-4-8-21(14-18)30-2;3-2(4,5)1(6)7/h3-14,28H,15H2,1-2H3,(H2,25,26);(H,6,7). The van der Waals surface area contributed by atoms with Crippen molar-refractivity contribution in [2.45, 2.75) is 18.3 Å². The van der Waals surface area contributed by atoms with Gasteiger partial charge >= 0.3 is 12.1 Å². The van der Waals surface area contributed by atoms with Crippen LogP contribution < -0.4 is 10.5 Å². The average molecular weight is 515 g/mol. The first kappa shape index (κ1) is 27.2. The number of likely N-dealkylation sites (N-methyl/N-ethyl adjacent to an activating group) is 1. The number of alkyl halides is 3. The molecule has 4 N–H and O–H groups in total. The van der Waals surface area contributed by atoms with Gasteiger partial charge in [0.15, 0.2) is 11.5 Å². The van der Waals surface area contributed by atoms with Crippen LogP contribution in [0.2, 0.25) is 0 Å². The number of carboxylic acids is 1. The number of aliphatic carboxylic acids is 1. The third-order valence-electron chi connectivity index (χ3n) is 5.72. The number of carboxylic acid groups (broad SMARTS) is 1. The Labute approximate surface area is 210 Å². The van der Waals surface area contributed by atoms with Crippen molar-refractivity contribution in [1.82, 2.24) is 4.90 Å². The monoisotopic (exact) mass is 515 g/mol. The van der Waals surface area contributed by atoms with Crippen LogP contribution in [0.1, 0.15) is 16.7 Å². The minimum Gasteiger partial charge on any atom is -0.497 e. The molecule has 1 amide bonds. The number of hydrogen-bond acceptors (Lipinski definition) is 6. The number of ether oxygens (including phenoxy) is 1. The third kappa shape index (κ3) is 5.56. The third-order valence-corrected chi connectivity index (χ3v) is 5.72. The SMILES string of the molecule is COc1cccc(-c2cccc(C3(c4ccc(CO)cc4)N=C(N)N(C)C3=O)c2)c1.O=C(O)C(F)(F)F. The molecule has 4 rings (SSSR count). The maximum absolute atomic E-state index is 13.4. The lowest BCUT2D eigenvalue weighted by atomic mass is 9.81. The van der Waals surface area contributed by atoms with Crippen LogP contribution in [0.15, 0.2) is 77.8 Å². The molecule has 1 aliphatic rings. The molecule has 3 aromatic carbocycles. The normalized spacial score (nSPS) is 17.1. The second kappa shape index (κ2) is 10.7. The average Bonchev–Trinajstić information content (AvgIpc) is 3.13. The maximum atomic E-state index is 13.4. The predicted molar refractivity (Wildman–Crippen MR) is 130 cm³/mol. The highest BCUT2D eigenvalue weighted by molar-refractivity contribution is 6.09. The number of guanidine groups is 1. The van der Waals surface area contributed by atoms with Crippen molar-refractivity contribution < 1.29 is 37.7 Å². The first-order valence-corrected chi connectivity index (χ1v) is 10.8. The van der Waals surface area contributed by atoms with E-state index in [1.54, 1.807) is 26.3 Å². The Balaban J connectivity index is 0.000000479. The van der Waals surface area contributed by atoms with Gasteiger partial charge in [-0.05, 0) is 46.0 Å². The zero-order valence-corrected chi connectivity index (χ0v) is 19.9. The van der Waals surface area contributed by atoms with Crippen molar-refractivity contribution in [2.24, 2.45) is 10.7 Å². The van der Waals surface area contributed by atoms with E-state index < -0.39 is 17.7 Å². The molecule has 0 radical (unpaired) electrons. The largest absolute Gasteiger partial charge is 0.497 e. The number of methoxy groups -OCH3 is 1. The van der Waals surface area contributed by atoms with Crippen molar-refractivity contribution in [1.29, 1.82) is 0 Å². The van der Waals surface area contributed by atoms with Gasteiger partial charge in [-0.2, -0.15) is 13.2 Å². The molecule has 0 saturated carbocycles. The highest BCUT2D eigenvalue weighted by atomic mass is 19.4. The molecule has 1 aliphatic heterocycles. The molecule has 1 heterocycles. The van der Waals surface area contributed by atoms with Gasteiger partial charge in [-0.1, -0.05) is 54.6 Å². The molecule has 0 bridgehead atoms. The van der Waals surface area contributed by atoms with Gasteiger partial charge in [-0.15, -0.1) is 0 Å². The summed E-state index contributed by atoms with van der Waals surface area (Å²) in [5.74, 6) is -2.06. The number of aliphatic hydroxyl groups is 1. The van der Waals surface area contributed by atoms with E-state index in [2.05, 4.69) is 4.99 Å². The van der Waals surface area contributed by atoms with Crippen LogP contribution >= 0.6 is 0 Å². The predicted octanol–water partition coefficient (Wildman–Crippen LogP) is 3.52. The summed E-state index contributed by atoms with van der Waals surface area (Å²) >= 11 is 0. The van der Waals surface area contributed by atoms with E-state index in [0.717, 1.165) is 28.0 Å². The van der Waals surface area contributed by atoms with E-state index >= 15 is 0 Å². The number of aliphatic hydroxyl groups excluding tert-OH is 1. The Kier molecular flexibility index (Phi) is 7.87. The number of hydrogen-bond donors (Lipinski definition) is 3. The molecule has 1 atom stereocenters. The second-order valence-corrected chi connectivity index (χ2v) is 8.02. The molecule has 0 saturated heterocycles. The summed E-state index contributed by atoms with van der Waals surface area (Å²) in [6, 6.07) is 22.7. The molecule has 3 aromatic rings. The van der Waals surface area contributed by atoms with Gasteiger partial charge in [-0.3, -0.25) is 9.69 Å². The van der Waals surface area contributed by atoms with Crippen LogP contribution in [0.5, 0.6) is 5.75 Å². The summed E-state index contributed by atoms with van der Waals surface area (Å²) in [5, 5.41) is 16.5. The van der Waals surface area contributed by atoms with Crippen LogP contribution in [-0.2, 0) is 21.7 Å². The minimum atomic E-state index is -5.08. The highest BCUT2D eigenvalue weighted by Gasteiger charge is 2.49. The number of aliphatic imine (C=N–C) groups is 1. The van der Waals surface area contributed by atoms with Gasteiger partial charge < -0.3 is 20.7 Å². The Morgan fingerprint density at radius 3 is 2.08 bits per heavy atom. The first-order chi connectivity index (χ1) is 17.4. The fourth-order valence-electron chi connectivity index (χ4n) is 3.76. The highest BCUT2D eigenvalue weighted by Crippen LogP contribution is 2.40. The van der Waals surface area contributed by atoms with Crippen LogP contribution in [0.25, 0.3) is 11.1 Å². The van der Waals surface area contributed by atoms with Gasteiger partial charge in [0.2, 0.25) is 0 Å². The molecule has 8 nitrogen and oxygen atoms in total. The van der Waals surface area contributed by atoms with E-state index in [-0.39, 0.29) is 18.5 Å². The van der Waals surface area contributed by atoms with E-state index in [9.17, 15) is 23.1 Å². The second-order valence-electron chi connectivity index (χ2n) is 8.02. The van der Waals surface area contributed by atoms with E-state index in [1.807, 2.05) is 60.7 Å². The molecule has 0 spiro atoms. The molecule has 0 aromatic heterocycles. The molecule has 37 heavy (non-hydrogen) atoms. The molecule has 1 unspecified atom stereocenters. The maximum Gasteiger partial charge on any atom is 0.490 e. The van der Waals surface area contributed by atoms with Crippen molar-refractivity contribution in [2.75, 3.05) is 14.2 Å². The van der Waals surface area contributed by atoms with Crippen molar-refractivity contribution in [3.05, 3.63) is 89.5 Å². The summed E-state index contributed by atoms with van der Waals surface area (Å²) in [6.45, 7) is -0.0716. The minimum absolute atomic E-state index is 0.0716. The summed E-state index contributed by atoms with van der Waals surface area (Å²) in [4.78, 5) is 28.3. The van der Waals surface area contributed by atoms with Crippen LogP contribution in [0.3, 0.4) is 0 Å². The number of carbonyl (C=O) groups is 2. The Morgan fingerprint density at radius 1 is 1.03 bits per heavy atom. The summed E-state index contributed by atoms with van der Waals surface area (Å²) in [5.41, 5.74) is 8.87. The van der Waals surface area contributed by atoms with Gasteiger partial charge in [0.1, 0.15) is 5.75 Å². The van der Waals surface area contributed by atoms with Crippen LogP contribution in [0, 0.1) is 0 Å². The first-order valence-electron chi connectivity index (χ1n) is 10.8. The quantitative estimate of drug-likeness (QED) is 0.478. The van der Waals surface area contributed by atoms with Gasteiger partial charge in [0.05, 0.1) is 13.7 Å². The molecule has 11 heteroatoms. The number of amides is 1. The van der Waals surface area contributed by atoms with Gasteiger partial charge in [0, 0.05) is 7.05 Å². The lowest BCUT2D eigenvalue weighted by Crippen LogP contribution is -2.41. The van der Waals surface area contributed by atoms with Crippen LogP contribution in [0.4, 0.5) is 13.2 Å². The lowest BCUT2D eigenvalue weighted by Gasteiger charge is -2.26. The summed E-state index contributed by atoms with van der Waals surface area (Å²) in [7, 11) is 3.25. The molecular weight excluding hydrogens is 491 g/mol. The number of halogens is 3. The van der Waals surface area contributed by atoms with Crippen molar-refractivity contribution >= 4 is 17.8 Å². The van der Waals surface area contributed by atoms with E-state index in [1.165, 1.54) is 4.90 Å². The van der Waals surface area contributed by atoms with E-state index in [4.69, 9.17) is 20.4 Å². The number of rotatable bonds is 5. The zero-order chi connectivity index (χ0) is 27.4. The van der Waals surface area contributed by atoms with Crippen molar-refractivity contribution in [3.8, 4) is 16.9 Å². The zero-order valence-electron chi connectivity index (χ0n) is 19.9. The lowest BCUT2D eigenvalue weighted by molar-refractivity contribution is -0.192. The molecule has 0 aliphatic carbocycles. The Hall–Kier alpha value is -4.38. The molecule has 194 valence electrons. The number of benzene rings is 3. The summed E-state index contributed by atoms with van der Waals surface area (Å²) in [6.07, 6.45) is -5.08. The van der Waals surface area contributed by atoms with Crippen molar-refractivity contribution in [3.63, 3.8) is 0 Å². The Morgan fingerprint density at radius 2 is 1.59 bits per heavy atom. The van der Waals surface area contributed by atoms with E-state index in [0.29, 0.717) is 5.56 Å². The summed E-state index contributed by atoms with van der Waals surface area (Å²) < 4.78 is 37.1. The topological polar surface area (TPSA) is 125 Å². The Bertz CT molecular complexity index is 1330. The number of nitrogens with zero attached hydrogens (tertiary/aromatic N) is 2. The van der Waals surface area contributed by atoms with Gasteiger partial charge in [0.25, 0.3) is 5.91 Å². The van der Waals surface area contributed by atoms with Crippen LogP contribution in [-0.4, -0.2) is 53.3 Å². The molecule has 0 fully saturated rings. The number of nitrogens with two attached hydrogens (primary N) is 1.